The van der Waals surface area contributed by atoms with Gasteiger partial charge in [0.05, 0.1) is 0 Å². The fourth-order valence-corrected chi connectivity index (χ4v) is 2.24. The minimum absolute atomic E-state index is 0.849. The molecule has 4 heteroatoms. The van der Waals surface area contributed by atoms with Gasteiger partial charge in [0.15, 0.2) is 5.82 Å². The number of aryl methyl sites for hydroxylation is 1. The van der Waals surface area contributed by atoms with E-state index in [2.05, 4.69) is 39.1 Å². The predicted molar refractivity (Wildman–Crippen MR) is 79.2 cm³/mol. The van der Waals surface area contributed by atoms with Gasteiger partial charge in [0.1, 0.15) is 6.33 Å². The summed E-state index contributed by atoms with van der Waals surface area (Å²) in [4.78, 5) is 0. The van der Waals surface area contributed by atoms with Gasteiger partial charge in [-0.2, -0.15) is 0 Å². The minimum Gasteiger partial charge on any atom is -0.282 e. The number of nitrogens with zero attached hydrogens (tertiary/aromatic N) is 3. The molecule has 3 rings (SSSR count). The smallest absolute Gasteiger partial charge is 0.168 e. The number of halogens is 1. The highest BCUT2D eigenvalue weighted by Crippen LogP contribution is 2.25. The highest BCUT2D eigenvalue weighted by atomic mass is 79.9. The molecule has 0 unspecified atom stereocenters. The van der Waals surface area contributed by atoms with E-state index in [1.807, 2.05) is 47.0 Å². The van der Waals surface area contributed by atoms with E-state index in [-0.39, 0.29) is 0 Å². The molecular formula is C15H12BrN3. The van der Waals surface area contributed by atoms with Gasteiger partial charge < -0.3 is 0 Å². The number of hydrogen-bond donors (Lipinski definition) is 0. The van der Waals surface area contributed by atoms with Crippen LogP contribution in [0, 0.1) is 6.92 Å². The highest BCUT2D eigenvalue weighted by Gasteiger charge is 2.09. The molecule has 0 aliphatic rings. The van der Waals surface area contributed by atoms with Crippen molar-refractivity contribution in [2.45, 2.75) is 6.92 Å². The van der Waals surface area contributed by atoms with Crippen molar-refractivity contribution in [2.75, 3.05) is 0 Å². The highest BCUT2D eigenvalue weighted by molar-refractivity contribution is 9.10. The SMILES string of the molecule is Cc1cc(-c2nncn2-c2ccccc2)ccc1Br. The molecule has 0 saturated carbocycles. The van der Waals surface area contributed by atoms with Crippen LogP contribution in [-0.2, 0) is 0 Å². The fourth-order valence-electron chi connectivity index (χ4n) is 1.99. The Kier molecular flexibility index (Phi) is 3.17. The van der Waals surface area contributed by atoms with Gasteiger partial charge in [-0.15, -0.1) is 10.2 Å². The summed E-state index contributed by atoms with van der Waals surface area (Å²) in [6.07, 6.45) is 1.74. The Morgan fingerprint density at radius 1 is 1.05 bits per heavy atom. The van der Waals surface area contributed by atoms with Crippen LogP contribution in [0.3, 0.4) is 0 Å². The van der Waals surface area contributed by atoms with Crippen molar-refractivity contribution < 1.29 is 0 Å². The van der Waals surface area contributed by atoms with Crippen LogP contribution in [0.2, 0.25) is 0 Å². The Balaban J connectivity index is 2.12. The van der Waals surface area contributed by atoms with Gasteiger partial charge >= 0.3 is 0 Å². The van der Waals surface area contributed by atoms with E-state index in [1.54, 1.807) is 6.33 Å². The lowest BCUT2D eigenvalue weighted by atomic mass is 10.1. The molecule has 0 atom stereocenters. The molecule has 0 aliphatic heterocycles. The van der Waals surface area contributed by atoms with Crippen LogP contribution in [0.5, 0.6) is 0 Å². The van der Waals surface area contributed by atoms with Crippen LogP contribution in [0.4, 0.5) is 0 Å². The van der Waals surface area contributed by atoms with Gasteiger partial charge in [-0.25, -0.2) is 0 Å². The topological polar surface area (TPSA) is 30.7 Å². The number of rotatable bonds is 2. The van der Waals surface area contributed by atoms with Crippen LogP contribution in [-0.4, -0.2) is 14.8 Å². The van der Waals surface area contributed by atoms with Crippen molar-refractivity contribution >= 4 is 15.9 Å². The second-order valence-corrected chi connectivity index (χ2v) is 5.18. The normalized spacial score (nSPS) is 10.6. The first-order valence-electron chi connectivity index (χ1n) is 5.97. The molecular weight excluding hydrogens is 302 g/mol. The van der Waals surface area contributed by atoms with E-state index < -0.39 is 0 Å². The maximum absolute atomic E-state index is 4.23. The zero-order chi connectivity index (χ0) is 13.2. The third-order valence-corrected chi connectivity index (χ3v) is 3.89. The van der Waals surface area contributed by atoms with E-state index in [9.17, 15) is 0 Å². The Hall–Kier alpha value is -1.94. The molecule has 2 aromatic carbocycles. The Bertz CT molecular complexity index is 704. The number of benzene rings is 2. The van der Waals surface area contributed by atoms with Crippen LogP contribution in [0.1, 0.15) is 5.56 Å². The predicted octanol–water partition coefficient (Wildman–Crippen LogP) is 4.01. The molecule has 0 aliphatic carbocycles. The monoisotopic (exact) mass is 313 g/mol. The van der Waals surface area contributed by atoms with Crippen molar-refractivity contribution in [3.05, 3.63) is 64.9 Å². The molecule has 94 valence electrons. The Labute approximate surface area is 120 Å². The van der Waals surface area contributed by atoms with Gasteiger partial charge in [-0.1, -0.05) is 40.2 Å². The summed E-state index contributed by atoms with van der Waals surface area (Å²) in [5.41, 5.74) is 3.30. The molecule has 1 aromatic heterocycles. The third-order valence-electron chi connectivity index (χ3n) is 3.00. The zero-order valence-corrected chi connectivity index (χ0v) is 12.0. The maximum Gasteiger partial charge on any atom is 0.168 e. The quantitative estimate of drug-likeness (QED) is 0.715. The average Bonchev–Trinajstić information content (AvgIpc) is 2.92. The molecule has 19 heavy (non-hydrogen) atoms. The lowest BCUT2D eigenvalue weighted by molar-refractivity contribution is 1.06. The summed E-state index contributed by atoms with van der Waals surface area (Å²) in [7, 11) is 0. The number of aromatic nitrogens is 3. The van der Waals surface area contributed by atoms with Crippen molar-refractivity contribution in [1.29, 1.82) is 0 Å². The third kappa shape index (κ3) is 2.31. The van der Waals surface area contributed by atoms with Crippen LogP contribution in [0.15, 0.2) is 59.3 Å². The lowest BCUT2D eigenvalue weighted by Gasteiger charge is -2.07. The summed E-state index contributed by atoms with van der Waals surface area (Å²) in [5, 5.41) is 8.26. The van der Waals surface area contributed by atoms with Crippen LogP contribution < -0.4 is 0 Å². The van der Waals surface area contributed by atoms with Crippen LogP contribution >= 0.6 is 15.9 Å². The summed E-state index contributed by atoms with van der Waals surface area (Å²) < 4.78 is 3.09. The second kappa shape index (κ2) is 4.97. The molecule has 3 aromatic rings. The molecule has 0 radical (unpaired) electrons. The van der Waals surface area contributed by atoms with Crippen molar-refractivity contribution in [1.82, 2.24) is 14.8 Å². The first kappa shape index (κ1) is 12.1. The molecule has 0 saturated heterocycles. The minimum atomic E-state index is 0.849. The average molecular weight is 314 g/mol. The summed E-state index contributed by atoms with van der Waals surface area (Å²) in [6.45, 7) is 2.07. The lowest BCUT2D eigenvalue weighted by Crippen LogP contribution is -1.96. The number of hydrogen-bond acceptors (Lipinski definition) is 2. The number of para-hydroxylation sites is 1. The molecule has 0 N–H and O–H groups in total. The fraction of sp³-hybridized carbons (Fsp3) is 0.0667. The van der Waals surface area contributed by atoms with E-state index in [0.717, 1.165) is 21.5 Å². The van der Waals surface area contributed by atoms with E-state index in [4.69, 9.17) is 0 Å². The van der Waals surface area contributed by atoms with Gasteiger partial charge in [-0.05, 0) is 36.8 Å². The van der Waals surface area contributed by atoms with E-state index >= 15 is 0 Å². The summed E-state index contributed by atoms with van der Waals surface area (Å²) in [5.74, 6) is 0.849. The molecule has 0 amide bonds. The van der Waals surface area contributed by atoms with Crippen molar-refractivity contribution in [3.63, 3.8) is 0 Å². The first-order chi connectivity index (χ1) is 9.25. The van der Waals surface area contributed by atoms with Gasteiger partial charge in [-0.3, -0.25) is 4.57 Å². The standard InChI is InChI=1S/C15H12BrN3/c1-11-9-12(7-8-14(11)16)15-18-17-10-19(15)13-5-3-2-4-6-13/h2-10H,1H3. The maximum atomic E-state index is 4.23. The van der Waals surface area contributed by atoms with Gasteiger partial charge in [0.2, 0.25) is 0 Å². The Morgan fingerprint density at radius 2 is 1.84 bits per heavy atom. The first-order valence-corrected chi connectivity index (χ1v) is 6.77. The zero-order valence-electron chi connectivity index (χ0n) is 10.4. The van der Waals surface area contributed by atoms with Crippen LogP contribution in [0.25, 0.3) is 17.1 Å². The van der Waals surface area contributed by atoms with E-state index in [1.165, 1.54) is 5.56 Å². The summed E-state index contributed by atoms with van der Waals surface area (Å²) in [6, 6.07) is 16.3. The van der Waals surface area contributed by atoms with Crippen molar-refractivity contribution in [3.8, 4) is 17.1 Å². The van der Waals surface area contributed by atoms with Crippen molar-refractivity contribution in [2.24, 2.45) is 0 Å². The van der Waals surface area contributed by atoms with Gasteiger partial charge in [0, 0.05) is 15.7 Å². The Morgan fingerprint density at radius 3 is 2.58 bits per heavy atom. The summed E-state index contributed by atoms with van der Waals surface area (Å²) >= 11 is 3.51. The molecule has 0 fully saturated rings. The molecule has 3 nitrogen and oxygen atoms in total. The molecule has 0 bridgehead atoms. The largest absolute Gasteiger partial charge is 0.282 e. The second-order valence-electron chi connectivity index (χ2n) is 4.32. The van der Waals surface area contributed by atoms with Gasteiger partial charge in [0.25, 0.3) is 0 Å². The molecule has 0 spiro atoms. The van der Waals surface area contributed by atoms with E-state index in [0.29, 0.717) is 0 Å². The molecule has 1 heterocycles.